The van der Waals surface area contributed by atoms with Crippen molar-refractivity contribution in [3.05, 3.63) is 26.3 Å². The van der Waals surface area contributed by atoms with Gasteiger partial charge < -0.3 is 5.32 Å². The Hall–Kier alpha value is -0.620. The Morgan fingerprint density at radius 1 is 1.31 bits per heavy atom. The third kappa shape index (κ3) is 1.34. The number of carbonyl (C=O) groups is 2. The molecular weight excluding hydrogens is 304 g/mol. The first-order valence-electron chi connectivity index (χ1n) is 3.44. The van der Waals surface area contributed by atoms with Gasteiger partial charge in [-0.05, 0) is 34.7 Å². The van der Waals surface area contributed by atoms with Crippen LogP contribution >= 0.6 is 34.2 Å². The van der Waals surface area contributed by atoms with Gasteiger partial charge in [0.1, 0.15) is 0 Å². The highest BCUT2D eigenvalue weighted by Gasteiger charge is 2.28. The predicted octanol–water partition coefficient (Wildman–Crippen LogP) is 2.08. The van der Waals surface area contributed by atoms with Gasteiger partial charge in [-0.1, -0.05) is 11.6 Å². The summed E-state index contributed by atoms with van der Waals surface area (Å²) >= 11 is 7.84. The summed E-state index contributed by atoms with van der Waals surface area (Å²) in [5.74, 6) is -1.11. The van der Waals surface area contributed by atoms with E-state index in [2.05, 4.69) is 5.32 Å². The fourth-order valence-corrected chi connectivity index (χ4v) is 1.77. The highest BCUT2D eigenvalue weighted by atomic mass is 127. The minimum atomic E-state index is -0.590. The van der Waals surface area contributed by atoms with E-state index in [4.69, 9.17) is 11.6 Å². The Labute approximate surface area is 92.6 Å². The fourth-order valence-electron chi connectivity index (χ4n) is 1.14. The zero-order valence-electron chi connectivity index (χ0n) is 6.23. The van der Waals surface area contributed by atoms with E-state index >= 15 is 0 Å². The first-order chi connectivity index (χ1) is 6.09. The quantitative estimate of drug-likeness (QED) is 0.589. The van der Waals surface area contributed by atoms with Crippen LogP contribution in [-0.4, -0.2) is 11.7 Å². The Morgan fingerprint density at radius 2 is 2.00 bits per heavy atom. The van der Waals surface area contributed by atoms with E-state index < -0.39 is 11.7 Å². The van der Waals surface area contributed by atoms with Crippen molar-refractivity contribution in [3.8, 4) is 0 Å². The van der Waals surface area contributed by atoms with Crippen molar-refractivity contribution in [2.24, 2.45) is 0 Å². The van der Waals surface area contributed by atoms with Crippen LogP contribution in [0.4, 0.5) is 5.69 Å². The summed E-state index contributed by atoms with van der Waals surface area (Å²) < 4.78 is 0.813. The maximum Gasteiger partial charge on any atom is 0.296 e. The van der Waals surface area contributed by atoms with Gasteiger partial charge in [0.25, 0.3) is 11.7 Å². The number of carbonyl (C=O) groups excluding carboxylic acids is 2. The van der Waals surface area contributed by atoms with Gasteiger partial charge in [-0.15, -0.1) is 0 Å². The summed E-state index contributed by atoms with van der Waals surface area (Å²) in [4.78, 5) is 22.1. The molecule has 0 spiro atoms. The molecular formula is C8H3ClINO2. The molecule has 0 aromatic heterocycles. The molecule has 1 aliphatic rings. The maximum atomic E-state index is 11.2. The van der Waals surface area contributed by atoms with Crippen LogP contribution < -0.4 is 5.32 Å². The molecule has 0 saturated heterocycles. The molecule has 0 aliphatic carbocycles. The summed E-state index contributed by atoms with van der Waals surface area (Å²) in [5.41, 5.74) is 0.902. The molecule has 1 aromatic carbocycles. The zero-order chi connectivity index (χ0) is 9.59. The van der Waals surface area contributed by atoms with Gasteiger partial charge in [0, 0.05) is 3.57 Å². The normalized spacial score (nSPS) is 14.3. The van der Waals surface area contributed by atoms with Crippen molar-refractivity contribution in [2.75, 3.05) is 5.32 Å². The number of halogens is 2. The summed E-state index contributed by atoms with van der Waals surface area (Å²) in [6.07, 6.45) is 0. The third-order valence-electron chi connectivity index (χ3n) is 1.76. The van der Waals surface area contributed by atoms with E-state index in [1.807, 2.05) is 22.6 Å². The molecule has 1 amide bonds. The molecule has 0 saturated carbocycles. The standard InChI is InChI=1S/C8H3ClINO2/c9-4-1-3-6(2-5(4)10)11-8(13)7(3)12/h1-2H,(H,11,12,13). The molecule has 2 rings (SSSR count). The zero-order valence-corrected chi connectivity index (χ0v) is 9.14. The van der Waals surface area contributed by atoms with E-state index in [1.165, 1.54) is 6.07 Å². The lowest BCUT2D eigenvalue weighted by Crippen LogP contribution is -2.12. The van der Waals surface area contributed by atoms with E-state index in [1.54, 1.807) is 6.07 Å². The molecule has 1 aromatic rings. The smallest absolute Gasteiger partial charge is 0.296 e. The van der Waals surface area contributed by atoms with Crippen LogP contribution in [0, 0.1) is 3.57 Å². The largest absolute Gasteiger partial charge is 0.318 e. The number of amides is 1. The van der Waals surface area contributed by atoms with Gasteiger partial charge in [0.15, 0.2) is 0 Å². The lowest BCUT2D eigenvalue weighted by Gasteiger charge is -1.99. The number of anilines is 1. The lowest BCUT2D eigenvalue weighted by molar-refractivity contribution is -0.112. The van der Waals surface area contributed by atoms with Crippen LogP contribution in [0.15, 0.2) is 12.1 Å². The Morgan fingerprint density at radius 3 is 2.69 bits per heavy atom. The van der Waals surface area contributed by atoms with Gasteiger partial charge in [0.05, 0.1) is 16.3 Å². The highest BCUT2D eigenvalue weighted by Crippen LogP contribution is 2.30. The second-order valence-corrected chi connectivity index (χ2v) is 4.16. The average molecular weight is 307 g/mol. The molecule has 5 heteroatoms. The molecule has 1 aliphatic heterocycles. The van der Waals surface area contributed by atoms with E-state index in [0.717, 1.165) is 3.57 Å². The molecule has 0 radical (unpaired) electrons. The molecule has 66 valence electrons. The van der Waals surface area contributed by atoms with Crippen molar-refractivity contribution in [1.29, 1.82) is 0 Å². The Bertz CT molecular complexity index is 430. The first-order valence-corrected chi connectivity index (χ1v) is 4.90. The monoisotopic (exact) mass is 307 g/mol. The van der Waals surface area contributed by atoms with Crippen LogP contribution in [0.1, 0.15) is 10.4 Å². The van der Waals surface area contributed by atoms with Crippen molar-refractivity contribution in [2.45, 2.75) is 0 Å². The number of nitrogens with one attached hydrogen (secondary N) is 1. The van der Waals surface area contributed by atoms with Crippen LogP contribution in [-0.2, 0) is 4.79 Å². The van der Waals surface area contributed by atoms with E-state index in [9.17, 15) is 9.59 Å². The minimum absolute atomic E-state index is 0.357. The molecule has 0 bridgehead atoms. The number of rotatable bonds is 0. The molecule has 0 fully saturated rings. The van der Waals surface area contributed by atoms with Gasteiger partial charge in [-0.2, -0.15) is 0 Å². The minimum Gasteiger partial charge on any atom is -0.318 e. The fraction of sp³-hybridized carbons (Fsp3) is 0. The molecule has 1 N–H and O–H groups in total. The summed E-state index contributed by atoms with van der Waals surface area (Å²) in [5, 5.41) is 2.95. The summed E-state index contributed by atoms with van der Waals surface area (Å²) in [6, 6.07) is 3.19. The second-order valence-electron chi connectivity index (χ2n) is 2.60. The Balaban J connectivity index is 2.66. The van der Waals surface area contributed by atoms with Crippen LogP contribution in [0.25, 0.3) is 0 Å². The van der Waals surface area contributed by atoms with E-state index in [0.29, 0.717) is 16.3 Å². The van der Waals surface area contributed by atoms with Crippen LogP contribution in [0.5, 0.6) is 0 Å². The Kier molecular flexibility index (Phi) is 2.03. The number of benzene rings is 1. The van der Waals surface area contributed by atoms with E-state index in [-0.39, 0.29) is 0 Å². The number of ketones is 1. The maximum absolute atomic E-state index is 11.2. The van der Waals surface area contributed by atoms with Gasteiger partial charge in [-0.25, -0.2) is 0 Å². The van der Waals surface area contributed by atoms with Crippen LogP contribution in [0.2, 0.25) is 5.02 Å². The molecule has 0 atom stereocenters. The van der Waals surface area contributed by atoms with Crippen molar-refractivity contribution in [1.82, 2.24) is 0 Å². The van der Waals surface area contributed by atoms with Gasteiger partial charge >= 0.3 is 0 Å². The first kappa shape index (κ1) is 8.96. The molecule has 13 heavy (non-hydrogen) atoms. The van der Waals surface area contributed by atoms with Crippen molar-refractivity contribution < 1.29 is 9.59 Å². The van der Waals surface area contributed by atoms with Gasteiger partial charge in [0.2, 0.25) is 0 Å². The topological polar surface area (TPSA) is 46.2 Å². The van der Waals surface area contributed by atoms with Crippen molar-refractivity contribution in [3.63, 3.8) is 0 Å². The number of Topliss-reactive ketones (excluding diaryl/α,β-unsaturated/α-hetero) is 1. The van der Waals surface area contributed by atoms with Gasteiger partial charge in [-0.3, -0.25) is 9.59 Å². The number of fused-ring (bicyclic) bond motifs is 1. The number of hydrogen-bond acceptors (Lipinski definition) is 2. The molecule has 3 nitrogen and oxygen atoms in total. The predicted molar refractivity (Wildman–Crippen MR) is 57.1 cm³/mol. The SMILES string of the molecule is O=C1Nc2cc(I)c(Cl)cc2C1=O. The highest BCUT2D eigenvalue weighted by molar-refractivity contribution is 14.1. The summed E-state index contributed by atoms with van der Waals surface area (Å²) in [6.45, 7) is 0. The van der Waals surface area contributed by atoms with Crippen LogP contribution in [0.3, 0.4) is 0 Å². The molecule has 1 heterocycles. The molecule has 0 unspecified atom stereocenters. The lowest BCUT2D eigenvalue weighted by atomic mass is 10.1. The average Bonchev–Trinajstić information content (AvgIpc) is 2.32. The summed E-state index contributed by atoms with van der Waals surface area (Å²) in [7, 11) is 0. The number of hydrogen-bond donors (Lipinski definition) is 1. The van der Waals surface area contributed by atoms with Crippen molar-refractivity contribution >= 4 is 51.6 Å². The second kappa shape index (κ2) is 2.95. The third-order valence-corrected chi connectivity index (χ3v) is 3.28.